The third-order valence-corrected chi connectivity index (χ3v) is 10.4. The molecule has 0 unspecified atom stereocenters. The number of hydrogen-bond acceptors (Lipinski definition) is 5. The van der Waals surface area contributed by atoms with Gasteiger partial charge in [0.2, 0.25) is 0 Å². The van der Waals surface area contributed by atoms with Crippen LogP contribution in [0.25, 0.3) is 101 Å². The van der Waals surface area contributed by atoms with Crippen LogP contribution in [0.1, 0.15) is 5.56 Å². The highest BCUT2D eigenvalue weighted by Crippen LogP contribution is 2.39. The topological polar surface area (TPSA) is 75.6 Å². The Bertz CT molecular complexity index is 3130. The summed E-state index contributed by atoms with van der Waals surface area (Å²) in [6.07, 6.45) is 0. The van der Waals surface area contributed by atoms with E-state index in [9.17, 15) is 5.26 Å². The first kappa shape index (κ1) is 33.6. The monoisotopic (exact) mass is 728 g/mol. The summed E-state index contributed by atoms with van der Waals surface area (Å²) >= 11 is 0. The van der Waals surface area contributed by atoms with E-state index in [0.717, 1.165) is 77.6 Å². The molecular formula is C52H32N4O. The van der Waals surface area contributed by atoms with Gasteiger partial charge in [-0.05, 0) is 80.9 Å². The molecule has 0 radical (unpaired) electrons. The molecule has 5 heteroatoms. The van der Waals surface area contributed by atoms with Crippen molar-refractivity contribution in [2.45, 2.75) is 0 Å². The van der Waals surface area contributed by atoms with Crippen LogP contribution in [0.15, 0.2) is 199 Å². The molecule has 0 amide bonds. The molecule has 5 nitrogen and oxygen atoms in total. The van der Waals surface area contributed by atoms with Crippen LogP contribution in [-0.2, 0) is 0 Å². The SMILES string of the molecule is N#Cc1ccccc1-c1cccc(-c2nc(-c3ccc(-c4ccccc4)cc3)nc(-c3ccc4c(c3)oc3cccc(-c5cccc(-c6ccccc6)c5)c34)n2)c1. The molecule has 8 aromatic carbocycles. The van der Waals surface area contributed by atoms with E-state index in [0.29, 0.717) is 23.0 Å². The zero-order valence-electron chi connectivity index (χ0n) is 30.7. The molecule has 0 aliphatic heterocycles. The highest BCUT2D eigenvalue weighted by Gasteiger charge is 2.18. The van der Waals surface area contributed by atoms with Crippen molar-refractivity contribution < 1.29 is 4.42 Å². The standard InChI is InChI=1S/C52H32N4O/c53-33-43-16-7-8-21-44(43)39-18-10-20-41(31-39)51-54-50(37-26-24-36(25-27-37)34-12-3-1-4-13-34)55-52(56-51)42-28-29-46-48(32-42)57-47-23-11-22-45(49(46)47)40-19-9-17-38(30-40)35-14-5-2-6-15-35/h1-32H. The van der Waals surface area contributed by atoms with E-state index in [2.05, 4.69) is 109 Å². The van der Waals surface area contributed by atoms with Gasteiger partial charge in [0.1, 0.15) is 11.2 Å². The summed E-state index contributed by atoms with van der Waals surface area (Å²) in [7, 11) is 0. The molecule has 0 atom stereocenters. The lowest BCUT2D eigenvalue weighted by Gasteiger charge is -2.11. The molecule has 0 saturated carbocycles. The predicted molar refractivity (Wildman–Crippen MR) is 230 cm³/mol. The molecule has 57 heavy (non-hydrogen) atoms. The lowest BCUT2D eigenvalue weighted by molar-refractivity contribution is 0.669. The zero-order chi connectivity index (χ0) is 38.1. The van der Waals surface area contributed by atoms with Gasteiger partial charge in [0, 0.05) is 27.5 Å². The number of nitrogens with zero attached hydrogens (tertiary/aromatic N) is 4. The van der Waals surface area contributed by atoms with Crippen molar-refractivity contribution in [1.82, 2.24) is 15.0 Å². The van der Waals surface area contributed by atoms with Crippen LogP contribution in [-0.4, -0.2) is 15.0 Å². The molecule has 0 aliphatic rings. The van der Waals surface area contributed by atoms with Crippen LogP contribution in [0.4, 0.5) is 0 Å². The molecule has 10 aromatic rings. The predicted octanol–water partition coefficient (Wildman–Crippen LogP) is 13.3. The summed E-state index contributed by atoms with van der Waals surface area (Å²) in [5, 5.41) is 11.9. The Morgan fingerprint density at radius 2 is 0.825 bits per heavy atom. The number of aromatic nitrogens is 3. The second-order valence-electron chi connectivity index (χ2n) is 13.9. The van der Waals surface area contributed by atoms with Crippen molar-refractivity contribution >= 4 is 21.9 Å². The summed E-state index contributed by atoms with van der Waals surface area (Å²) in [6, 6.07) is 68.1. The maximum atomic E-state index is 9.84. The van der Waals surface area contributed by atoms with Crippen molar-refractivity contribution in [2.24, 2.45) is 0 Å². The lowest BCUT2D eigenvalue weighted by atomic mass is 9.96. The van der Waals surface area contributed by atoms with Gasteiger partial charge in [-0.1, -0.05) is 158 Å². The van der Waals surface area contributed by atoms with Crippen molar-refractivity contribution in [3.63, 3.8) is 0 Å². The molecule has 0 saturated heterocycles. The van der Waals surface area contributed by atoms with Gasteiger partial charge < -0.3 is 4.42 Å². The second kappa shape index (κ2) is 14.4. The lowest BCUT2D eigenvalue weighted by Crippen LogP contribution is -2.00. The van der Waals surface area contributed by atoms with Gasteiger partial charge >= 0.3 is 0 Å². The molecule has 0 bridgehead atoms. The average Bonchev–Trinajstić information content (AvgIpc) is 3.68. The van der Waals surface area contributed by atoms with Gasteiger partial charge in [-0.2, -0.15) is 5.26 Å². The van der Waals surface area contributed by atoms with Gasteiger partial charge in [0.25, 0.3) is 0 Å². The summed E-state index contributed by atoms with van der Waals surface area (Å²) in [5.41, 5.74) is 13.3. The van der Waals surface area contributed by atoms with Gasteiger partial charge in [-0.15, -0.1) is 0 Å². The molecule has 10 rings (SSSR count). The van der Waals surface area contributed by atoms with Crippen LogP contribution in [0.2, 0.25) is 0 Å². The third kappa shape index (κ3) is 6.42. The Morgan fingerprint density at radius 1 is 0.351 bits per heavy atom. The van der Waals surface area contributed by atoms with Crippen molar-refractivity contribution in [3.8, 4) is 84.7 Å². The fourth-order valence-electron chi connectivity index (χ4n) is 7.57. The van der Waals surface area contributed by atoms with E-state index in [1.165, 1.54) is 5.56 Å². The second-order valence-corrected chi connectivity index (χ2v) is 13.9. The average molecular weight is 729 g/mol. The van der Waals surface area contributed by atoms with Crippen molar-refractivity contribution in [3.05, 3.63) is 200 Å². The number of fused-ring (bicyclic) bond motifs is 3. The number of benzene rings is 8. The Balaban J connectivity index is 1.10. The summed E-state index contributed by atoms with van der Waals surface area (Å²) in [6.45, 7) is 0. The highest BCUT2D eigenvalue weighted by molar-refractivity contribution is 6.13. The van der Waals surface area contributed by atoms with Crippen molar-refractivity contribution in [1.29, 1.82) is 5.26 Å². The minimum Gasteiger partial charge on any atom is -0.456 e. The number of rotatable bonds is 7. The van der Waals surface area contributed by atoms with Gasteiger partial charge in [0.05, 0.1) is 11.6 Å². The van der Waals surface area contributed by atoms with Crippen LogP contribution in [0, 0.1) is 11.3 Å². The quantitative estimate of drug-likeness (QED) is 0.163. The molecule has 0 N–H and O–H groups in total. The number of nitriles is 1. The highest BCUT2D eigenvalue weighted by atomic mass is 16.3. The van der Waals surface area contributed by atoms with Crippen molar-refractivity contribution in [2.75, 3.05) is 0 Å². The molecule has 0 spiro atoms. The number of furan rings is 1. The Labute approximate surface area is 329 Å². The molecule has 2 heterocycles. The maximum absolute atomic E-state index is 9.84. The minimum absolute atomic E-state index is 0.531. The smallest absolute Gasteiger partial charge is 0.164 e. The number of hydrogen-bond donors (Lipinski definition) is 0. The normalized spacial score (nSPS) is 11.1. The molecule has 2 aromatic heterocycles. The van der Waals surface area contributed by atoms with Crippen LogP contribution >= 0.6 is 0 Å². The van der Waals surface area contributed by atoms with Crippen LogP contribution < -0.4 is 0 Å². The van der Waals surface area contributed by atoms with Gasteiger partial charge in [-0.3, -0.25) is 0 Å². The Hall–Kier alpha value is -7.94. The van der Waals surface area contributed by atoms with Gasteiger partial charge in [0.15, 0.2) is 17.5 Å². The van der Waals surface area contributed by atoms with Crippen LogP contribution in [0.5, 0.6) is 0 Å². The summed E-state index contributed by atoms with van der Waals surface area (Å²) < 4.78 is 6.57. The maximum Gasteiger partial charge on any atom is 0.164 e. The third-order valence-electron chi connectivity index (χ3n) is 10.4. The van der Waals surface area contributed by atoms with Gasteiger partial charge in [-0.25, -0.2) is 15.0 Å². The van der Waals surface area contributed by atoms with E-state index in [-0.39, 0.29) is 0 Å². The Kier molecular flexibility index (Phi) is 8.48. The molecular weight excluding hydrogens is 697 g/mol. The first-order chi connectivity index (χ1) is 28.2. The Morgan fingerprint density at radius 3 is 1.54 bits per heavy atom. The zero-order valence-corrected chi connectivity index (χ0v) is 30.7. The molecule has 0 fully saturated rings. The van der Waals surface area contributed by atoms with E-state index in [1.807, 2.05) is 91.0 Å². The largest absolute Gasteiger partial charge is 0.456 e. The van der Waals surface area contributed by atoms with E-state index in [4.69, 9.17) is 19.4 Å². The van der Waals surface area contributed by atoms with Crippen LogP contribution in [0.3, 0.4) is 0 Å². The molecule has 0 aliphatic carbocycles. The minimum atomic E-state index is 0.531. The van der Waals surface area contributed by atoms with E-state index >= 15 is 0 Å². The summed E-state index contributed by atoms with van der Waals surface area (Å²) in [4.78, 5) is 15.2. The molecule has 266 valence electrons. The fourth-order valence-corrected chi connectivity index (χ4v) is 7.57. The summed E-state index contributed by atoms with van der Waals surface area (Å²) in [5.74, 6) is 1.62. The fraction of sp³-hybridized carbons (Fsp3) is 0. The van der Waals surface area contributed by atoms with E-state index < -0.39 is 0 Å². The first-order valence-corrected chi connectivity index (χ1v) is 18.8. The first-order valence-electron chi connectivity index (χ1n) is 18.8. The van der Waals surface area contributed by atoms with E-state index in [1.54, 1.807) is 0 Å².